The van der Waals surface area contributed by atoms with Crippen molar-refractivity contribution in [3.63, 3.8) is 0 Å². The molecule has 0 amide bonds. The lowest BCUT2D eigenvalue weighted by Crippen LogP contribution is -2.35. The van der Waals surface area contributed by atoms with Gasteiger partial charge in [0.2, 0.25) is 0 Å². The Hall–Kier alpha value is -1.68. The van der Waals surface area contributed by atoms with Crippen LogP contribution in [0, 0.1) is 0 Å². The molecule has 1 aliphatic carbocycles. The molecule has 90 valence electrons. The summed E-state index contributed by atoms with van der Waals surface area (Å²) < 4.78 is 0. The number of hydrogen-bond acceptors (Lipinski definition) is 4. The Morgan fingerprint density at radius 3 is 2.94 bits per heavy atom. The number of anilines is 1. The molecule has 4 heteroatoms. The van der Waals surface area contributed by atoms with Crippen molar-refractivity contribution in [3.05, 3.63) is 40.7 Å². The van der Waals surface area contributed by atoms with Gasteiger partial charge in [-0.25, -0.2) is 9.98 Å². The predicted molar refractivity (Wildman–Crippen MR) is 75.1 cm³/mol. The quantitative estimate of drug-likeness (QED) is 0.824. The molecule has 0 unspecified atom stereocenters. The van der Waals surface area contributed by atoms with Crippen LogP contribution < -0.4 is 4.90 Å². The molecule has 0 aromatic carbocycles. The van der Waals surface area contributed by atoms with Gasteiger partial charge in [-0.15, -0.1) is 11.3 Å². The molecule has 4 rings (SSSR count). The average Bonchev–Trinajstić information content (AvgIpc) is 3.12. The van der Waals surface area contributed by atoms with Gasteiger partial charge in [-0.1, -0.05) is 6.07 Å². The molecule has 2 aromatic heterocycles. The number of aliphatic imine (C=N–C) groups is 1. The van der Waals surface area contributed by atoms with E-state index in [0.717, 1.165) is 18.1 Å². The van der Waals surface area contributed by atoms with Crippen LogP contribution in [0.15, 0.2) is 40.8 Å². The molecule has 1 fully saturated rings. The van der Waals surface area contributed by atoms with Gasteiger partial charge >= 0.3 is 0 Å². The predicted octanol–water partition coefficient (Wildman–Crippen LogP) is 3.25. The second kappa shape index (κ2) is 3.92. The lowest BCUT2D eigenvalue weighted by molar-refractivity contribution is 0.846. The number of pyridine rings is 1. The zero-order valence-electron chi connectivity index (χ0n) is 9.91. The van der Waals surface area contributed by atoms with Crippen molar-refractivity contribution in [2.75, 3.05) is 11.4 Å². The van der Waals surface area contributed by atoms with Crippen LogP contribution in [0.2, 0.25) is 0 Å². The highest BCUT2D eigenvalue weighted by Crippen LogP contribution is 2.38. The molecule has 1 saturated carbocycles. The summed E-state index contributed by atoms with van der Waals surface area (Å²) in [5.41, 5.74) is 2.19. The maximum Gasteiger partial charge on any atom is 0.155 e. The van der Waals surface area contributed by atoms with E-state index in [-0.39, 0.29) is 0 Å². The lowest BCUT2D eigenvalue weighted by Gasteiger charge is -2.28. The van der Waals surface area contributed by atoms with Crippen LogP contribution in [-0.2, 0) is 0 Å². The summed E-state index contributed by atoms with van der Waals surface area (Å²) in [6.07, 6.45) is 4.43. The second-order valence-corrected chi connectivity index (χ2v) is 5.69. The van der Waals surface area contributed by atoms with E-state index in [1.807, 2.05) is 12.3 Å². The molecule has 18 heavy (non-hydrogen) atoms. The Bertz CT molecular complexity index is 599. The van der Waals surface area contributed by atoms with Crippen LogP contribution in [0.4, 0.5) is 11.5 Å². The van der Waals surface area contributed by atoms with E-state index in [2.05, 4.69) is 33.5 Å². The Labute approximate surface area is 110 Å². The molecule has 2 aliphatic rings. The van der Waals surface area contributed by atoms with Crippen LogP contribution in [-0.4, -0.2) is 23.3 Å². The van der Waals surface area contributed by atoms with Crippen molar-refractivity contribution in [1.82, 2.24) is 4.98 Å². The van der Waals surface area contributed by atoms with E-state index in [9.17, 15) is 0 Å². The van der Waals surface area contributed by atoms with Gasteiger partial charge in [-0.3, -0.25) is 0 Å². The van der Waals surface area contributed by atoms with E-state index in [4.69, 9.17) is 4.99 Å². The van der Waals surface area contributed by atoms with Gasteiger partial charge < -0.3 is 4.90 Å². The normalized spacial score (nSPS) is 18.4. The second-order valence-electron chi connectivity index (χ2n) is 4.74. The minimum absolute atomic E-state index is 0.670. The highest BCUT2D eigenvalue weighted by Gasteiger charge is 2.34. The molecular formula is C14H13N3S. The first-order valence-electron chi connectivity index (χ1n) is 6.25. The molecule has 0 saturated heterocycles. The monoisotopic (exact) mass is 255 g/mol. The van der Waals surface area contributed by atoms with Crippen LogP contribution >= 0.6 is 11.3 Å². The highest BCUT2D eigenvalue weighted by atomic mass is 32.1. The van der Waals surface area contributed by atoms with Gasteiger partial charge in [0.05, 0.1) is 17.1 Å². The van der Waals surface area contributed by atoms with Gasteiger partial charge in [0, 0.05) is 12.2 Å². The zero-order valence-corrected chi connectivity index (χ0v) is 10.7. The van der Waals surface area contributed by atoms with Gasteiger partial charge in [0.1, 0.15) is 5.69 Å². The van der Waals surface area contributed by atoms with E-state index in [1.165, 1.54) is 23.4 Å². The fourth-order valence-corrected chi connectivity index (χ4v) is 3.09. The van der Waals surface area contributed by atoms with E-state index < -0.39 is 0 Å². The molecular weight excluding hydrogens is 242 g/mol. The number of nitrogens with zero attached hydrogens (tertiary/aromatic N) is 3. The average molecular weight is 255 g/mol. The van der Waals surface area contributed by atoms with Crippen molar-refractivity contribution in [2.24, 2.45) is 4.99 Å². The summed E-state index contributed by atoms with van der Waals surface area (Å²) in [6, 6.07) is 8.93. The summed E-state index contributed by atoms with van der Waals surface area (Å²) in [7, 11) is 0. The molecule has 3 nitrogen and oxygen atoms in total. The minimum Gasteiger partial charge on any atom is -0.346 e. The van der Waals surface area contributed by atoms with E-state index >= 15 is 0 Å². The van der Waals surface area contributed by atoms with Crippen molar-refractivity contribution in [2.45, 2.75) is 18.9 Å². The van der Waals surface area contributed by atoms with E-state index in [0.29, 0.717) is 6.04 Å². The fraction of sp³-hybridized carbons (Fsp3) is 0.286. The molecule has 0 atom stereocenters. The third-order valence-electron chi connectivity index (χ3n) is 3.41. The Morgan fingerprint density at radius 1 is 1.22 bits per heavy atom. The number of hydrogen-bond donors (Lipinski definition) is 0. The summed E-state index contributed by atoms with van der Waals surface area (Å²) in [6.45, 7) is 0.898. The third-order valence-corrected chi connectivity index (χ3v) is 4.33. The number of fused-ring (bicyclic) bond motifs is 1. The summed E-state index contributed by atoms with van der Waals surface area (Å²) >= 11 is 1.76. The number of aromatic nitrogens is 1. The largest absolute Gasteiger partial charge is 0.346 e. The number of thiophene rings is 1. The Balaban J connectivity index is 1.81. The SMILES string of the molecule is c1csc(C2=Nc3cccnc3N(C3CC3)C2)c1. The molecule has 0 spiro atoms. The summed E-state index contributed by atoms with van der Waals surface area (Å²) in [5.74, 6) is 1.06. The van der Waals surface area contributed by atoms with Crippen LogP contribution in [0.1, 0.15) is 17.7 Å². The standard InChI is InChI=1S/C14H13N3S/c1-3-11-14(15-7-1)17(10-5-6-10)9-12(16-11)13-4-2-8-18-13/h1-4,7-8,10H,5-6,9H2. The Kier molecular flexibility index (Phi) is 2.23. The van der Waals surface area contributed by atoms with E-state index in [1.54, 1.807) is 11.3 Å². The maximum absolute atomic E-state index is 4.77. The molecule has 2 aromatic rings. The van der Waals surface area contributed by atoms with Crippen LogP contribution in [0.3, 0.4) is 0 Å². The molecule has 3 heterocycles. The molecule has 0 N–H and O–H groups in total. The molecule has 0 radical (unpaired) electrons. The van der Waals surface area contributed by atoms with Gasteiger partial charge in [0.25, 0.3) is 0 Å². The van der Waals surface area contributed by atoms with Crippen molar-refractivity contribution < 1.29 is 0 Å². The highest BCUT2D eigenvalue weighted by molar-refractivity contribution is 7.12. The molecule has 0 bridgehead atoms. The van der Waals surface area contributed by atoms with Gasteiger partial charge in [-0.05, 0) is 36.4 Å². The first-order valence-corrected chi connectivity index (χ1v) is 7.13. The zero-order chi connectivity index (χ0) is 11.9. The fourth-order valence-electron chi connectivity index (χ4n) is 2.38. The summed E-state index contributed by atoms with van der Waals surface area (Å²) in [4.78, 5) is 13.0. The number of rotatable bonds is 2. The van der Waals surface area contributed by atoms with Crippen molar-refractivity contribution in [1.29, 1.82) is 0 Å². The van der Waals surface area contributed by atoms with Gasteiger partial charge in [-0.2, -0.15) is 0 Å². The topological polar surface area (TPSA) is 28.5 Å². The minimum atomic E-state index is 0.670. The Morgan fingerprint density at radius 2 is 2.17 bits per heavy atom. The van der Waals surface area contributed by atoms with Gasteiger partial charge in [0.15, 0.2) is 5.82 Å². The smallest absolute Gasteiger partial charge is 0.155 e. The van der Waals surface area contributed by atoms with Crippen LogP contribution in [0.25, 0.3) is 0 Å². The first-order chi connectivity index (χ1) is 8.92. The summed E-state index contributed by atoms with van der Waals surface area (Å²) in [5, 5.41) is 2.11. The van der Waals surface area contributed by atoms with Crippen molar-refractivity contribution >= 4 is 28.6 Å². The third kappa shape index (κ3) is 1.64. The van der Waals surface area contributed by atoms with Crippen molar-refractivity contribution in [3.8, 4) is 0 Å². The molecule has 1 aliphatic heterocycles. The first kappa shape index (κ1) is 10.3. The van der Waals surface area contributed by atoms with Crippen LogP contribution in [0.5, 0.6) is 0 Å². The lowest BCUT2D eigenvalue weighted by atomic mass is 10.2. The maximum atomic E-state index is 4.77.